The van der Waals surface area contributed by atoms with Crippen molar-refractivity contribution in [3.05, 3.63) is 54.1 Å². The summed E-state index contributed by atoms with van der Waals surface area (Å²) in [7, 11) is 0. The molecular weight excluding hydrogens is 233 g/mol. The molecule has 0 aliphatic carbocycles. The zero-order chi connectivity index (χ0) is 13.1. The lowest BCUT2D eigenvalue weighted by Gasteiger charge is -2.08. The highest BCUT2D eigenvalue weighted by atomic mass is 19.1. The van der Waals surface area contributed by atoms with Crippen LogP contribution in [0.5, 0.6) is 11.5 Å². The van der Waals surface area contributed by atoms with E-state index in [1.807, 2.05) is 12.1 Å². The van der Waals surface area contributed by atoms with E-state index in [2.05, 4.69) is 13.6 Å². The van der Waals surface area contributed by atoms with Gasteiger partial charge < -0.3 is 4.74 Å². The molecule has 2 rings (SSSR count). The largest absolute Gasteiger partial charge is 0.457 e. The van der Waals surface area contributed by atoms with E-state index in [-0.39, 0.29) is 5.75 Å². The first kappa shape index (κ1) is 12.6. The van der Waals surface area contributed by atoms with E-state index in [1.165, 1.54) is 5.46 Å². The summed E-state index contributed by atoms with van der Waals surface area (Å²) in [5.41, 5.74) is 1.19. The van der Waals surface area contributed by atoms with Crippen LogP contribution < -0.4 is 10.2 Å². The molecule has 0 unspecified atom stereocenters. The summed E-state index contributed by atoms with van der Waals surface area (Å²) >= 11 is 0. The third-order valence-electron chi connectivity index (χ3n) is 2.62. The lowest BCUT2D eigenvalue weighted by molar-refractivity contribution is 0.468. The van der Waals surface area contributed by atoms with Gasteiger partial charge in [-0.05, 0) is 12.1 Å². The highest BCUT2D eigenvalue weighted by Gasteiger charge is 2.05. The molecule has 0 radical (unpaired) electrons. The Balaban J connectivity index is 2.18. The second-order valence-electron chi connectivity index (χ2n) is 4.43. The molecule has 0 heterocycles. The fraction of sp³-hybridized carbons (Fsp3) is 0.143. The summed E-state index contributed by atoms with van der Waals surface area (Å²) in [4.78, 5) is 0. The molecule has 0 N–H and O–H groups in total. The van der Waals surface area contributed by atoms with E-state index in [4.69, 9.17) is 4.74 Å². The van der Waals surface area contributed by atoms with Gasteiger partial charge in [0.05, 0.1) is 0 Å². The first-order valence-electron chi connectivity index (χ1n) is 5.78. The molecule has 0 spiro atoms. The summed E-state index contributed by atoms with van der Waals surface area (Å²) in [6.07, 6.45) is 0. The second-order valence-corrected chi connectivity index (χ2v) is 4.43. The Labute approximate surface area is 105 Å². The highest BCUT2D eigenvalue weighted by molar-refractivity contribution is 6.70. The standard InChI is InChI=1S/C14H13BF2O/c1-15(2)10-3-5-13(6-4-10)18-14-8-11(16)7-12(17)9-14/h3-9H,1-2H3. The van der Waals surface area contributed by atoms with Gasteiger partial charge in [0.1, 0.15) is 23.1 Å². The number of rotatable bonds is 3. The first-order valence-corrected chi connectivity index (χ1v) is 5.78. The van der Waals surface area contributed by atoms with Crippen LogP contribution >= 0.6 is 0 Å². The quantitative estimate of drug-likeness (QED) is 0.750. The van der Waals surface area contributed by atoms with E-state index >= 15 is 0 Å². The minimum atomic E-state index is -0.649. The molecule has 0 bridgehead atoms. The van der Waals surface area contributed by atoms with E-state index in [0.717, 1.165) is 18.2 Å². The van der Waals surface area contributed by atoms with Gasteiger partial charge in [0.2, 0.25) is 0 Å². The van der Waals surface area contributed by atoms with Crippen LogP contribution in [0.4, 0.5) is 8.78 Å². The van der Waals surface area contributed by atoms with Gasteiger partial charge in [-0.15, -0.1) is 0 Å². The van der Waals surface area contributed by atoms with Crippen LogP contribution in [-0.4, -0.2) is 6.71 Å². The van der Waals surface area contributed by atoms with Crippen molar-refractivity contribution in [3.8, 4) is 11.5 Å². The zero-order valence-corrected chi connectivity index (χ0v) is 10.3. The Morgan fingerprint density at radius 3 is 1.89 bits per heavy atom. The summed E-state index contributed by atoms with van der Waals surface area (Å²) in [6.45, 7) is 4.63. The molecule has 0 aliphatic heterocycles. The highest BCUT2D eigenvalue weighted by Crippen LogP contribution is 2.22. The van der Waals surface area contributed by atoms with Gasteiger partial charge in [-0.25, -0.2) is 8.78 Å². The van der Waals surface area contributed by atoms with Crippen LogP contribution in [0.25, 0.3) is 0 Å². The molecular formula is C14H13BF2O. The smallest absolute Gasteiger partial charge is 0.169 e. The number of halogens is 2. The van der Waals surface area contributed by atoms with E-state index < -0.39 is 11.6 Å². The zero-order valence-electron chi connectivity index (χ0n) is 10.3. The summed E-state index contributed by atoms with van der Waals surface area (Å²) in [5, 5.41) is 0. The molecule has 0 saturated carbocycles. The van der Waals surface area contributed by atoms with Crippen molar-refractivity contribution in [1.29, 1.82) is 0 Å². The van der Waals surface area contributed by atoms with E-state index in [1.54, 1.807) is 12.1 Å². The van der Waals surface area contributed by atoms with Crippen molar-refractivity contribution in [2.45, 2.75) is 13.6 Å². The number of benzene rings is 2. The molecule has 1 nitrogen and oxygen atoms in total. The van der Waals surface area contributed by atoms with Crippen molar-refractivity contribution in [2.75, 3.05) is 0 Å². The minimum Gasteiger partial charge on any atom is -0.457 e. The van der Waals surface area contributed by atoms with Gasteiger partial charge in [0.25, 0.3) is 0 Å². The Morgan fingerprint density at radius 2 is 1.39 bits per heavy atom. The van der Waals surface area contributed by atoms with Gasteiger partial charge >= 0.3 is 0 Å². The summed E-state index contributed by atoms with van der Waals surface area (Å²) in [6, 6.07) is 10.6. The van der Waals surface area contributed by atoms with Crippen LogP contribution in [0.3, 0.4) is 0 Å². The lowest BCUT2D eigenvalue weighted by atomic mass is 9.49. The molecule has 0 saturated heterocycles. The number of hydrogen-bond donors (Lipinski definition) is 0. The van der Waals surface area contributed by atoms with Crippen LogP contribution in [-0.2, 0) is 0 Å². The monoisotopic (exact) mass is 246 g/mol. The molecule has 92 valence electrons. The molecule has 0 fully saturated rings. The Hall–Kier alpha value is -1.84. The van der Waals surface area contributed by atoms with Crippen molar-refractivity contribution < 1.29 is 13.5 Å². The molecule has 18 heavy (non-hydrogen) atoms. The maximum absolute atomic E-state index is 13.0. The molecule has 0 aliphatic rings. The molecule has 0 atom stereocenters. The van der Waals surface area contributed by atoms with Crippen LogP contribution in [0.2, 0.25) is 13.6 Å². The minimum absolute atomic E-state index is 0.157. The second kappa shape index (κ2) is 5.21. The maximum Gasteiger partial charge on any atom is 0.169 e. The fourth-order valence-corrected chi connectivity index (χ4v) is 1.64. The van der Waals surface area contributed by atoms with Gasteiger partial charge in [-0.1, -0.05) is 31.2 Å². The lowest BCUT2D eigenvalue weighted by Crippen LogP contribution is -2.21. The molecule has 2 aromatic rings. The number of hydrogen-bond acceptors (Lipinski definition) is 1. The van der Waals surface area contributed by atoms with Gasteiger partial charge in [0.15, 0.2) is 6.71 Å². The van der Waals surface area contributed by atoms with Gasteiger partial charge in [-0.3, -0.25) is 0 Å². The van der Waals surface area contributed by atoms with Gasteiger partial charge in [-0.2, -0.15) is 0 Å². The third-order valence-corrected chi connectivity index (χ3v) is 2.62. The average Bonchev–Trinajstić information content (AvgIpc) is 2.28. The van der Waals surface area contributed by atoms with Gasteiger partial charge in [0, 0.05) is 18.2 Å². The summed E-state index contributed by atoms with van der Waals surface area (Å²) in [5.74, 6) is -0.582. The van der Waals surface area contributed by atoms with Crippen LogP contribution in [0.1, 0.15) is 0 Å². The number of ether oxygens (including phenoxy) is 1. The average molecular weight is 246 g/mol. The topological polar surface area (TPSA) is 9.23 Å². The Morgan fingerprint density at radius 1 is 0.833 bits per heavy atom. The van der Waals surface area contributed by atoms with E-state index in [0.29, 0.717) is 12.5 Å². The summed E-state index contributed by atoms with van der Waals surface area (Å²) < 4.78 is 31.4. The van der Waals surface area contributed by atoms with Crippen LogP contribution in [0.15, 0.2) is 42.5 Å². The van der Waals surface area contributed by atoms with E-state index in [9.17, 15) is 8.78 Å². The normalized spacial score (nSPS) is 10.2. The van der Waals surface area contributed by atoms with Crippen molar-refractivity contribution in [1.82, 2.24) is 0 Å². The fourth-order valence-electron chi connectivity index (χ4n) is 1.64. The Kier molecular flexibility index (Phi) is 3.65. The molecule has 4 heteroatoms. The molecule has 2 aromatic carbocycles. The van der Waals surface area contributed by atoms with Crippen LogP contribution in [0, 0.1) is 11.6 Å². The predicted molar refractivity (Wildman–Crippen MR) is 70.0 cm³/mol. The maximum atomic E-state index is 13.0. The Bertz CT molecular complexity index is 518. The first-order chi connectivity index (χ1) is 8.54. The van der Waals surface area contributed by atoms with Crippen molar-refractivity contribution >= 4 is 12.2 Å². The SMILES string of the molecule is CB(C)c1ccc(Oc2cc(F)cc(F)c2)cc1. The molecule has 0 amide bonds. The van der Waals surface area contributed by atoms with Crippen molar-refractivity contribution in [2.24, 2.45) is 0 Å². The molecule has 0 aromatic heterocycles. The predicted octanol–water partition coefficient (Wildman–Crippen LogP) is 3.72. The third kappa shape index (κ3) is 3.09. The van der Waals surface area contributed by atoms with Crippen molar-refractivity contribution in [3.63, 3.8) is 0 Å².